The molecule has 0 heterocycles. The molecular formula is C14H14O4. The van der Waals surface area contributed by atoms with E-state index >= 15 is 0 Å². The Kier molecular flexibility index (Phi) is 3.79. The number of methoxy groups -OCH3 is 1. The van der Waals surface area contributed by atoms with Crippen molar-refractivity contribution in [3.63, 3.8) is 0 Å². The highest BCUT2D eigenvalue weighted by atomic mass is 16.5. The Balaban J connectivity index is 2.44. The van der Waals surface area contributed by atoms with E-state index in [1.165, 1.54) is 0 Å². The quantitative estimate of drug-likeness (QED) is 0.824. The molecule has 1 N–H and O–H groups in total. The summed E-state index contributed by atoms with van der Waals surface area (Å²) in [5.74, 6) is -0.262. The summed E-state index contributed by atoms with van der Waals surface area (Å²) in [4.78, 5) is 11.1. The molecule has 0 spiro atoms. The highest BCUT2D eigenvalue weighted by molar-refractivity contribution is 6.05. The zero-order valence-corrected chi connectivity index (χ0v) is 10.1. The lowest BCUT2D eigenvalue weighted by Gasteiger charge is -2.10. The maximum atomic E-state index is 11.1. The molecule has 2 aromatic carbocycles. The van der Waals surface area contributed by atoms with Crippen LogP contribution < -0.4 is 4.74 Å². The van der Waals surface area contributed by atoms with Crippen LogP contribution in [0.5, 0.6) is 5.75 Å². The van der Waals surface area contributed by atoms with Crippen molar-refractivity contribution < 1.29 is 19.4 Å². The van der Waals surface area contributed by atoms with Crippen molar-refractivity contribution in [3.8, 4) is 5.75 Å². The largest absolute Gasteiger partial charge is 0.491 e. The number of hydrogen-bond donors (Lipinski definition) is 1. The van der Waals surface area contributed by atoms with Crippen LogP contribution in [0, 0.1) is 0 Å². The second kappa shape index (κ2) is 5.51. The van der Waals surface area contributed by atoms with E-state index in [-0.39, 0.29) is 5.56 Å². The first kappa shape index (κ1) is 12.4. The van der Waals surface area contributed by atoms with E-state index in [4.69, 9.17) is 14.6 Å². The van der Waals surface area contributed by atoms with Crippen molar-refractivity contribution in [1.82, 2.24) is 0 Å². The topological polar surface area (TPSA) is 55.8 Å². The van der Waals surface area contributed by atoms with Gasteiger partial charge in [-0.25, -0.2) is 4.79 Å². The van der Waals surface area contributed by atoms with Gasteiger partial charge >= 0.3 is 5.97 Å². The van der Waals surface area contributed by atoms with E-state index in [9.17, 15) is 4.79 Å². The molecule has 0 aromatic heterocycles. The molecule has 0 atom stereocenters. The fourth-order valence-corrected chi connectivity index (χ4v) is 1.82. The van der Waals surface area contributed by atoms with Crippen LogP contribution in [0.4, 0.5) is 0 Å². The third kappa shape index (κ3) is 2.43. The average Bonchev–Trinajstić information content (AvgIpc) is 2.38. The Bertz CT molecular complexity index is 563. The summed E-state index contributed by atoms with van der Waals surface area (Å²) in [5, 5.41) is 10.6. The molecule has 0 fully saturated rings. The smallest absolute Gasteiger partial charge is 0.336 e. The first-order chi connectivity index (χ1) is 8.74. The highest BCUT2D eigenvalue weighted by Crippen LogP contribution is 2.28. The molecule has 0 unspecified atom stereocenters. The maximum absolute atomic E-state index is 11.1. The Morgan fingerprint density at radius 3 is 2.50 bits per heavy atom. The second-order valence-corrected chi connectivity index (χ2v) is 3.80. The van der Waals surface area contributed by atoms with Crippen LogP contribution in [-0.4, -0.2) is 31.4 Å². The molecule has 2 aromatic rings. The number of carbonyl (C=O) groups is 1. The molecular weight excluding hydrogens is 232 g/mol. The number of rotatable bonds is 5. The molecule has 0 saturated heterocycles. The van der Waals surface area contributed by atoms with E-state index < -0.39 is 5.97 Å². The van der Waals surface area contributed by atoms with Crippen LogP contribution in [0.2, 0.25) is 0 Å². The van der Waals surface area contributed by atoms with E-state index in [1.54, 1.807) is 25.3 Å². The van der Waals surface area contributed by atoms with Crippen molar-refractivity contribution in [2.45, 2.75) is 0 Å². The molecule has 18 heavy (non-hydrogen) atoms. The molecule has 0 amide bonds. The summed E-state index contributed by atoms with van der Waals surface area (Å²) in [6.07, 6.45) is 0. The monoisotopic (exact) mass is 246 g/mol. The highest BCUT2D eigenvalue weighted by Gasteiger charge is 2.11. The van der Waals surface area contributed by atoms with Gasteiger partial charge in [0.05, 0.1) is 12.2 Å². The van der Waals surface area contributed by atoms with Crippen LogP contribution in [0.3, 0.4) is 0 Å². The summed E-state index contributed by atoms with van der Waals surface area (Å²) >= 11 is 0. The van der Waals surface area contributed by atoms with Gasteiger partial charge in [-0.2, -0.15) is 0 Å². The number of ether oxygens (including phenoxy) is 2. The van der Waals surface area contributed by atoms with E-state index in [2.05, 4.69) is 0 Å². The van der Waals surface area contributed by atoms with Crippen LogP contribution >= 0.6 is 0 Å². The lowest BCUT2D eigenvalue weighted by Crippen LogP contribution is -2.05. The van der Waals surface area contributed by atoms with Gasteiger partial charge in [0.15, 0.2) is 0 Å². The minimum Gasteiger partial charge on any atom is -0.491 e. The van der Waals surface area contributed by atoms with Gasteiger partial charge in [-0.1, -0.05) is 24.3 Å². The summed E-state index contributed by atoms with van der Waals surface area (Å²) < 4.78 is 10.5. The van der Waals surface area contributed by atoms with Gasteiger partial charge in [-0.15, -0.1) is 0 Å². The molecule has 0 radical (unpaired) electrons. The van der Waals surface area contributed by atoms with Gasteiger partial charge < -0.3 is 14.6 Å². The van der Waals surface area contributed by atoms with Gasteiger partial charge in [0.1, 0.15) is 12.4 Å². The maximum Gasteiger partial charge on any atom is 0.336 e. The number of carboxylic acids is 1. The third-order valence-corrected chi connectivity index (χ3v) is 2.66. The van der Waals surface area contributed by atoms with Crippen LogP contribution in [0.1, 0.15) is 10.4 Å². The molecule has 2 rings (SSSR count). The number of carboxylic acid groups (broad SMARTS) is 1. The lowest BCUT2D eigenvalue weighted by atomic mass is 10.0. The van der Waals surface area contributed by atoms with E-state index in [0.29, 0.717) is 24.3 Å². The van der Waals surface area contributed by atoms with E-state index in [1.807, 2.05) is 18.2 Å². The number of aromatic carboxylic acids is 1. The third-order valence-electron chi connectivity index (χ3n) is 2.66. The minimum atomic E-state index is -0.936. The second-order valence-electron chi connectivity index (χ2n) is 3.80. The normalized spacial score (nSPS) is 10.5. The van der Waals surface area contributed by atoms with Crippen LogP contribution in [0.15, 0.2) is 36.4 Å². The first-order valence-electron chi connectivity index (χ1n) is 5.61. The summed E-state index contributed by atoms with van der Waals surface area (Å²) in [7, 11) is 1.61. The predicted molar refractivity (Wildman–Crippen MR) is 68.3 cm³/mol. The van der Waals surface area contributed by atoms with Crippen molar-refractivity contribution in [1.29, 1.82) is 0 Å². The fourth-order valence-electron chi connectivity index (χ4n) is 1.82. The van der Waals surface area contributed by atoms with Gasteiger partial charge in [0.25, 0.3) is 0 Å². The predicted octanol–water partition coefficient (Wildman–Crippen LogP) is 2.56. The molecule has 4 heteroatoms. The molecule has 94 valence electrons. The van der Waals surface area contributed by atoms with Crippen molar-refractivity contribution >= 4 is 16.7 Å². The standard InChI is InChI=1S/C14H14O4/c1-17-8-9-18-13-7-6-12(14(15)16)10-4-2-3-5-11(10)13/h2-7H,8-9H2,1H3,(H,15,16). The van der Waals surface area contributed by atoms with Crippen molar-refractivity contribution in [2.24, 2.45) is 0 Å². The molecule has 0 aliphatic carbocycles. The van der Waals surface area contributed by atoms with Gasteiger partial charge in [-0.05, 0) is 17.5 Å². The minimum absolute atomic E-state index is 0.282. The zero-order chi connectivity index (χ0) is 13.0. The number of fused-ring (bicyclic) bond motifs is 1. The SMILES string of the molecule is COCCOc1ccc(C(=O)O)c2ccccc12. The fraction of sp³-hybridized carbons (Fsp3) is 0.214. The summed E-state index contributed by atoms with van der Waals surface area (Å²) in [6, 6.07) is 10.5. The van der Waals surface area contributed by atoms with Crippen LogP contribution in [0.25, 0.3) is 10.8 Å². The lowest BCUT2D eigenvalue weighted by molar-refractivity contribution is 0.0699. The van der Waals surface area contributed by atoms with Crippen molar-refractivity contribution in [3.05, 3.63) is 42.0 Å². The van der Waals surface area contributed by atoms with Gasteiger partial charge in [0.2, 0.25) is 0 Å². The molecule has 0 aliphatic heterocycles. The summed E-state index contributed by atoms with van der Waals surface area (Å²) in [5.41, 5.74) is 0.282. The average molecular weight is 246 g/mol. The van der Waals surface area contributed by atoms with Gasteiger partial charge in [-0.3, -0.25) is 0 Å². The Labute approximate surface area is 105 Å². The molecule has 0 aliphatic rings. The van der Waals surface area contributed by atoms with Gasteiger partial charge in [0, 0.05) is 12.5 Å². The Morgan fingerprint density at radius 2 is 1.83 bits per heavy atom. The number of hydrogen-bond acceptors (Lipinski definition) is 3. The molecule has 0 saturated carbocycles. The number of benzene rings is 2. The Morgan fingerprint density at radius 1 is 1.11 bits per heavy atom. The molecule has 4 nitrogen and oxygen atoms in total. The van der Waals surface area contributed by atoms with Crippen molar-refractivity contribution in [2.75, 3.05) is 20.3 Å². The molecule has 0 bridgehead atoms. The Hall–Kier alpha value is -2.07. The van der Waals surface area contributed by atoms with E-state index in [0.717, 1.165) is 5.39 Å². The van der Waals surface area contributed by atoms with Crippen LogP contribution in [-0.2, 0) is 4.74 Å². The zero-order valence-electron chi connectivity index (χ0n) is 10.1. The first-order valence-corrected chi connectivity index (χ1v) is 5.61. The summed E-state index contributed by atoms with van der Waals surface area (Å²) in [6.45, 7) is 0.932.